The molecular formula is C34H26O23. The van der Waals surface area contributed by atoms with Crippen molar-refractivity contribution in [2.24, 2.45) is 0 Å². The number of hydrogen-bond acceptors (Lipinski definition) is 22. The van der Waals surface area contributed by atoms with Gasteiger partial charge in [0.15, 0.2) is 64.0 Å². The maximum Gasteiger partial charge on any atom is 0.340 e. The molecule has 1 fully saturated rings. The van der Waals surface area contributed by atoms with Crippen LogP contribution in [0.5, 0.6) is 74.7 Å². The maximum absolute atomic E-state index is 14.1. The van der Waals surface area contributed by atoms with Crippen LogP contribution in [0, 0.1) is 0 Å². The van der Waals surface area contributed by atoms with Crippen LogP contribution in [-0.2, 0) is 18.9 Å². The summed E-state index contributed by atoms with van der Waals surface area (Å²) >= 11 is 0. The van der Waals surface area contributed by atoms with Crippen molar-refractivity contribution in [3.63, 3.8) is 0 Å². The second kappa shape index (κ2) is 14.1. The molecule has 2 aliphatic rings. The lowest BCUT2D eigenvalue weighted by molar-refractivity contribution is -0.284. The zero-order chi connectivity index (χ0) is 41.9. The van der Waals surface area contributed by atoms with Crippen LogP contribution >= 0.6 is 0 Å². The molecule has 4 aromatic rings. The maximum atomic E-state index is 14.1. The number of ether oxygens (including phenoxy) is 5. The molecule has 0 spiro atoms. The van der Waals surface area contributed by atoms with Crippen LogP contribution in [0.15, 0.2) is 30.3 Å². The second-order valence-electron chi connectivity index (χ2n) is 12.1. The molecule has 0 radical (unpaired) electrons. The molecule has 0 saturated carbocycles. The number of esters is 3. The van der Waals surface area contributed by atoms with Gasteiger partial charge in [-0.05, 0) is 18.2 Å². The Morgan fingerprint density at radius 1 is 0.632 bits per heavy atom. The van der Waals surface area contributed by atoms with Crippen molar-refractivity contribution < 1.29 is 114 Å². The average molecular weight is 803 g/mol. The van der Waals surface area contributed by atoms with E-state index in [2.05, 4.69) is 0 Å². The van der Waals surface area contributed by atoms with Gasteiger partial charge in [0.1, 0.15) is 24.4 Å². The topological polar surface area (TPSA) is 398 Å². The first kappa shape index (κ1) is 38.9. The van der Waals surface area contributed by atoms with E-state index >= 15 is 0 Å². The highest BCUT2D eigenvalue weighted by atomic mass is 16.7. The number of aliphatic hydroxyl groups excluding tert-OH is 2. The van der Waals surface area contributed by atoms with E-state index in [-0.39, 0.29) is 0 Å². The lowest BCUT2D eigenvalue weighted by atomic mass is 9.91. The van der Waals surface area contributed by atoms with E-state index in [4.69, 9.17) is 23.7 Å². The zero-order valence-electron chi connectivity index (χ0n) is 27.9. The molecule has 2 heterocycles. The van der Waals surface area contributed by atoms with Gasteiger partial charge < -0.3 is 95.2 Å². The summed E-state index contributed by atoms with van der Waals surface area (Å²) in [4.78, 5) is 52.5. The third-order valence-electron chi connectivity index (χ3n) is 8.63. The minimum absolute atomic E-state index is 0.404. The zero-order valence-corrected chi connectivity index (χ0v) is 27.9. The summed E-state index contributed by atoms with van der Waals surface area (Å²) in [5, 5.41) is 145. The van der Waals surface area contributed by atoms with Crippen molar-refractivity contribution >= 4 is 23.9 Å². The molecule has 4 aromatic carbocycles. The fraction of sp³-hybridized carbons (Fsp3) is 0.176. The number of carboxylic acid groups (broad SMARTS) is 1. The van der Waals surface area contributed by atoms with Gasteiger partial charge in [0.2, 0.25) is 29.3 Å². The summed E-state index contributed by atoms with van der Waals surface area (Å²) in [6.07, 6.45) is -10.9. The van der Waals surface area contributed by atoms with E-state index in [0.29, 0.717) is 30.3 Å². The van der Waals surface area contributed by atoms with Crippen LogP contribution in [0.25, 0.3) is 11.1 Å². The fourth-order valence-electron chi connectivity index (χ4n) is 5.78. The van der Waals surface area contributed by atoms with Gasteiger partial charge in [-0.25, -0.2) is 19.2 Å². The summed E-state index contributed by atoms with van der Waals surface area (Å²) in [5.41, 5.74) is -5.97. The molecular weight excluding hydrogens is 776 g/mol. The number of benzene rings is 4. The highest BCUT2D eigenvalue weighted by molar-refractivity contribution is 6.08. The van der Waals surface area contributed by atoms with E-state index in [0.717, 1.165) is 0 Å². The smallest absolute Gasteiger partial charge is 0.340 e. The van der Waals surface area contributed by atoms with Gasteiger partial charge in [0.25, 0.3) is 0 Å². The Balaban J connectivity index is 1.52. The highest BCUT2D eigenvalue weighted by Gasteiger charge is 2.50. The number of aliphatic hydroxyl groups is 2. The third kappa shape index (κ3) is 6.58. The summed E-state index contributed by atoms with van der Waals surface area (Å²) < 4.78 is 26.3. The largest absolute Gasteiger partial charge is 0.504 e. The van der Waals surface area contributed by atoms with Crippen LogP contribution in [0.4, 0.5) is 0 Å². The van der Waals surface area contributed by atoms with E-state index < -0.39 is 169 Å². The van der Waals surface area contributed by atoms with Crippen LogP contribution in [0.2, 0.25) is 0 Å². The van der Waals surface area contributed by atoms with Crippen LogP contribution < -0.4 is 4.74 Å². The summed E-state index contributed by atoms with van der Waals surface area (Å²) in [6, 6.07) is 2.58. The Hall–Kier alpha value is -7.76. The third-order valence-corrected chi connectivity index (χ3v) is 8.63. The number of phenols is 11. The number of phenolic OH excluding ortho intramolecular Hbond substituents is 11. The quantitative estimate of drug-likeness (QED) is 0.0746. The van der Waals surface area contributed by atoms with Gasteiger partial charge in [0, 0.05) is 23.3 Å². The van der Waals surface area contributed by atoms with Crippen molar-refractivity contribution in [2.75, 3.05) is 6.61 Å². The standard InChI is InChI=1S/C34H26O23/c35-11-1-7(2-12(36)19(11)39)31(50)57-34-27(47)29-23(43)16(55-34)6-53-32(51)8-3-13(37)20(40)24(44)17(8)18-9(33(52)56-29)5-15(22(42)25(18)45)54-28-10(30(48)49)4-14(38)21(41)26(28)46/h1-5,16,23,27,29,34-47H,6H2,(H,48,49)/t16-,23-,27+,29-,34-/m0/s1. The van der Waals surface area contributed by atoms with Crippen molar-refractivity contribution in [3.05, 3.63) is 52.6 Å². The SMILES string of the molecule is O=C(O[C@@H]1O[C@H]2COC(=O)c3cc(O)c(O)c(O)c3-c3c(cc(Oc4c(C(=O)O)cc(O)c(O)c4O)c(O)c3O)C(=O)O[C@@H]([C@H]2O)[C@H]1O)c1cc(O)c(O)c(O)c1. The van der Waals surface area contributed by atoms with Crippen LogP contribution in [-0.4, -0.2) is 133 Å². The lowest BCUT2D eigenvalue weighted by Crippen LogP contribution is -2.61. The molecule has 23 nitrogen and oxygen atoms in total. The molecule has 0 aromatic heterocycles. The number of cyclic esters (lactones) is 1. The van der Waals surface area contributed by atoms with Crippen molar-refractivity contribution in [1.82, 2.24) is 0 Å². The van der Waals surface area contributed by atoms with Gasteiger partial charge >= 0.3 is 23.9 Å². The minimum atomic E-state index is -2.37. The summed E-state index contributed by atoms with van der Waals surface area (Å²) in [6.45, 7) is -1.05. The molecule has 23 heteroatoms. The highest BCUT2D eigenvalue weighted by Crippen LogP contribution is 2.55. The van der Waals surface area contributed by atoms with E-state index in [1.807, 2.05) is 0 Å². The Kier molecular flexibility index (Phi) is 9.67. The predicted molar refractivity (Wildman–Crippen MR) is 176 cm³/mol. The predicted octanol–water partition coefficient (Wildman–Crippen LogP) is 0.605. The minimum Gasteiger partial charge on any atom is -0.504 e. The number of fused-ring (bicyclic) bond motifs is 5. The molecule has 14 N–H and O–H groups in total. The van der Waals surface area contributed by atoms with Crippen molar-refractivity contribution in [1.29, 1.82) is 0 Å². The Labute approximate surface area is 314 Å². The number of hydrogen-bond donors (Lipinski definition) is 14. The van der Waals surface area contributed by atoms with Crippen molar-refractivity contribution in [3.8, 4) is 85.9 Å². The van der Waals surface area contributed by atoms with Gasteiger partial charge in [-0.15, -0.1) is 0 Å². The first-order valence-electron chi connectivity index (χ1n) is 15.6. The molecule has 0 unspecified atom stereocenters. The summed E-state index contributed by atoms with van der Waals surface area (Å²) in [7, 11) is 0. The molecule has 6 rings (SSSR count). The fourth-order valence-corrected chi connectivity index (χ4v) is 5.78. The van der Waals surface area contributed by atoms with E-state index in [1.54, 1.807) is 0 Å². The molecule has 0 amide bonds. The molecule has 1 saturated heterocycles. The molecule has 300 valence electrons. The van der Waals surface area contributed by atoms with E-state index in [1.165, 1.54) is 0 Å². The van der Waals surface area contributed by atoms with Gasteiger partial charge in [-0.1, -0.05) is 0 Å². The second-order valence-corrected chi connectivity index (χ2v) is 12.1. The van der Waals surface area contributed by atoms with Gasteiger partial charge in [-0.3, -0.25) is 0 Å². The number of aromatic hydroxyl groups is 11. The summed E-state index contributed by atoms with van der Waals surface area (Å²) in [5.74, 6) is -22.9. The number of carboxylic acids is 1. The monoisotopic (exact) mass is 802 g/mol. The van der Waals surface area contributed by atoms with E-state index in [9.17, 15) is 90.7 Å². The van der Waals surface area contributed by atoms with Crippen LogP contribution in [0.1, 0.15) is 41.4 Å². The first-order valence-corrected chi connectivity index (χ1v) is 15.6. The number of rotatable bonds is 5. The average Bonchev–Trinajstić information content (AvgIpc) is 3.16. The Bertz CT molecular complexity index is 2360. The number of aromatic carboxylic acids is 1. The molecule has 2 bridgehead atoms. The van der Waals surface area contributed by atoms with Gasteiger partial charge in [0.05, 0.1) is 16.7 Å². The molecule has 2 aliphatic heterocycles. The van der Waals surface area contributed by atoms with Crippen LogP contribution in [0.3, 0.4) is 0 Å². The normalized spacial score (nSPS) is 20.4. The molecule has 5 atom stereocenters. The van der Waals surface area contributed by atoms with Crippen molar-refractivity contribution in [2.45, 2.75) is 30.7 Å². The Morgan fingerprint density at radius 2 is 1.18 bits per heavy atom. The Morgan fingerprint density at radius 3 is 1.79 bits per heavy atom. The van der Waals surface area contributed by atoms with Gasteiger partial charge in [-0.2, -0.15) is 0 Å². The molecule has 0 aliphatic carbocycles. The number of carbonyl (C=O) groups is 4. The first-order chi connectivity index (χ1) is 26.7. The lowest BCUT2D eigenvalue weighted by Gasteiger charge is -2.41. The molecule has 57 heavy (non-hydrogen) atoms. The number of carbonyl (C=O) groups excluding carboxylic acids is 3.